The molecule has 1 aliphatic heterocycles. The highest BCUT2D eigenvalue weighted by molar-refractivity contribution is 5.41. The molecule has 0 atom stereocenters. The Morgan fingerprint density at radius 1 is 1.00 bits per heavy atom. The highest BCUT2D eigenvalue weighted by atomic mass is 19.4. The Balaban J connectivity index is 1.51. The van der Waals surface area contributed by atoms with Crippen LogP contribution in [-0.2, 0) is 0 Å². The summed E-state index contributed by atoms with van der Waals surface area (Å²) >= 11 is 0. The van der Waals surface area contributed by atoms with Crippen molar-refractivity contribution in [2.75, 3.05) is 18.0 Å². The van der Waals surface area contributed by atoms with Crippen molar-refractivity contribution in [2.24, 2.45) is 0 Å². The quantitative estimate of drug-likeness (QED) is 0.907. The van der Waals surface area contributed by atoms with Crippen molar-refractivity contribution in [3.05, 3.63) is 42.6 Å². The summed E-state index contributed by atoms with van der Waals surface area (Å²) in [4.78, 5) is 6.28. The van der Waals surface area contributed by atoms with E-state index in [1.54, 1.807) is 12.1 Å². The van der Waals surface area contributed by atoms with Crippen molar-refractivity contribution in [3.63, 3.8) is 0 Å². The molecule has 134 valence electrons. The molecule has 1 fully saturated rings. The van der Waals surface area contributed by atoms with Crippen LogP contribution in [0.4, 0.5) is 19.0 Å². The Hall–Kier alpha value is -2.64. The molecule has 2 heterocycles. The van der Waals surface area contributed by atoms with Crippen molar-refractivity contribution < 1.29 is 27.8 Å². The van der Waals surface area contributed by atoms with Gasteiger partial charge in [0.05, 0.1) is 6.20 Å². The van der Waals surface area contributed by atoms with Gasteiger partial charge in [0, 0.05) is 25.9 Å². The Morgan fingerprint density at radius 3 is 2.20 bits per heavy atom. The van der Waals surface area contributed by atoms with Crippen LogP contribution in [0.15, 0.2) is 42.6 Å². The van der Waals surface area contributed by atoms with Crippen molar-refractivity contribution >= 4 is 5.82 Å². The first kappa shape index (κ1) is 17.2. The lowest BCUT2D eigenvalue weighted by atomic mass is 10.1. The SMILES string of the molecule is Oc1ccc(N2CCC(Oc3ccc(OC(F)(F)F)cc3)CC2)nc1. The van der Waals surface area contributed by atoms with Crippen molar-refractivity contribution in [2.45, 2.75) is 25.3 Å². The van der Waals surface area contributed by atoms with E-state index >= 15 is 0 Å². The number of ether oxygens (including phenoxy) is 2. The maximum Gasteiger partial charge on any atom is 0.573 e. The fraction of sp³-hybridized carbons (Fsp3) is 0.353. The Labute approximate surface area is 142 Å². The second-order valence-electron chi connectivity index (χ2n) is 5.70. The van der Waals surface area contributed by atoms with Crippen LogP contribution in [-0.4, -0.2) is 35.6 Å². The highest BCUT2D eigenvalue weighted by Crippen LogP contribution is 2.27. The van der Waals surface area contributed by atoms with Gasteiger partial charge >= 0.3 is 6.36 Å². The molecule has 8 heteroatoms. The third-order valence-corrected chi connectivity index (χ3v) is 3.86. The molecule has 1 aromatic heterocycles. The number of aromatic nitrogens is 1. The van der Waals surface area contributed by atoms with Crippen LogP contribution in [0.1, 0.15) is 12.8 Å². The van der Waals surface area contributed by atoms with Crippen molar-refractivity contribution in [3.8, 4) is 17.2 Å². The second-order valence-corrected chi connectivity index (χ2v) is 5.70. The van der Waals surface area contributed by atoms with E-state index in [1.165, 1.54) is 30.5 Å². The summed E-state index contributed by atoms with van der Waals surface area (Å²) in [7, 11) is 0. The zero-order chi connectivity index (χ0) is 17.9. The van der Waals surface area contributed by atoms with Crippen LogP contribution in [0.2, 0.25) is 0 Å². The number of alkyl halides is 3. The van der Waals surface area contributed by atoms with E-state index in [4.69, 9.17) is 4.74 Å². The summed E-state index contributed by atoms with van der Waals surface area (Å²) in [5.74, 6) is 1.16. The average molecular weight is 354 g/mol. The molecule has 0 aliphatic carbocycles. The van der Waals surface area contributed by atoms with Gasteiger partial charge in [-0.05, 0) is 36.4 Å². The molecule has 0 amide bonds. The molecular formula is C17H17F3N2O3. The zero-order valence-electron chi connectivity index (χ0n) is 13.2. The van der Waals surface area contributed by atoms with E-state index < -0.39 is 6.36 Å². The van der Waals surface area contributed by atoms with E-state index in [0.29, 0.717) is 5.75 Å². The van der Waals surface area contributed by atoms with E-state index in [9.17, 15) is 18.3 Å². The number of rotatable bonds is 4. The molecule has 2 aromatic rings. The van der Waals surface area contributed by atoms with Crippen molar-refractivity contribution in [1.29, 1.82) is 0 Å². The van der Waals surface area contributed by atoms with Crippen LogP contribution in [0, 0.1) is 0 Å². The number of halogens is 3. The normalized spacial score (nSPS) is 15.9. The van der Waals surface area contributed by atoms with Gasteiger partial charge in [0.15, 0.2) is 0 Å². The third kappa shape index (κ3) is 4.91. The maximum absolute atomic E-state index is 12.1. The number of piperidine rings is 1. The number of anilines is 1. The molecule has 0 unspecified atom stereocenters. The molecule has 3 rings (SSSR count). The molecule has 1 N–H and O–H groups in total. The first-order valence-corrected chi connectivity index (χ1v) is 7.81. The van der Waals surface area contributed by atoms with E-state index in [0.717, 1.165) is 31.7 Å². The second kappa shape index (κ2) is 7.08. The molecule has 0 radical (unpaired) electrons. The predicted molar refractivity (Wildman–Crippen MR) is 84.9 cm³/mol. The predicted octanol–water partition coefficient (Wildman–Crippen LogP) is 3.73. The van der Waals surface area contributed by atoms with Gasteiger partial charge in [-0.3, -0.25) is 0 Å². The summed E-state index contributed by atoms with van der Waals surface area (Å²) < 4.78 is 46.1. The number of hydrogen-bond donors (Lipinski definition) is 1. The van der Waals surface area contributed by atoms with Gasteiger partial charge in [0.1, 0.15) is 29.2 Å². The maximum atomic E-state index is 12.1. The molecule has 0 spiro atoms. The summed E-state index contributed by atoms with van der Waals surface area (Å²) in [5.41, 5.74) is 0. The number of nitrogens with zero attached hydrogens (tertiary/aromatic N) is 2. The lowest BCUT2D eigenvalue weighted by Gasteiger charge is -2.33. The van der Waals surface area contributed by atoms with Gasteiger partial charge in [-0.15, -0.1) is 13.2 Å². The smallest absolute Gasteiger partial charge is 0.506 e. The molecule has 25 heavy (non-hydrogen) atoms. The fourth-order valence-electron chi connectivity index (χ4n) is 2.68. The topological polar surface area (TPSA) is 54.8 Å². The molecule has 0 bridgehead atoms. The number of pyridine rings is 1. The van der Waals surface area contributed by atoms with E-state index in [1.807, 2.05) is 0 Å². The first-order chi connectivity index (χ1) is 11.9. The standard InChI is InChI=1S/C17H17F3N2O3/c18-17(19,20)25-15-4-2-13(3-5-15)24-14-7-9-22(10-8-14)16-6-1-12(23)11-21-16/h1-6,11,14,23H,7-10H2. The minimum absolute atomic E-state index is 0.0113. The lowest BCUT2D eigenvalue weighted by Crippen LogP contribution is -2.38. The van der Waals surface area contributed by atoms with Crippen LogP contribution in [0.5, 0.6) is 17.2 Å². The Bertz CT molecular complexity index is 682. The van der Waals surface area contributed by atoms with Gasteiger partial charge < -0.3 is 19.5 Å². The van der Waals surface area contributed by atoms with E-state index in [2.05, 4.69) is 14.6 Å². The van der Waals surface area contributed by atoms with Gasteiger partial charge in [-0.25, -0.2) is 4.98 Å². The number of aromatic hydroxyl groups is 1. The van der Waals surface area contributed by atoms with Crippen LogP contribution >= 0.6 is 0 Å². The Kier molecular flexibility index (Phi) is 4.87. The summed E-state index contributed by atoms with van der Waals surface area (Å²) in [6, 6.07) is 8.76. The lowest BCUT2D eigenvalue weighted by molar-refractivity contribution is -0.274. The minimum atomic E-state index is -4.70. The van der Waals surface area contributed by atoms with Crippen LogP contribution in [0.3, 0.4) is 0 Å². The fourth-order valence-corrected chi connectivity index (χ4v) is 2.68. The molecule has 1 aliphatic rings. The minimum Gasteiger partial charge on any atom is -0.506 e. The molecule has 1 saturated heterocycles. The number of benzene rings is 1. The molecule has 1 aromatic carbocycles. The monoisotopic (exact) mass is 354 g/mol. The van der Waals surface area contributed by atoms with Gasteiger partial charge in [-0.2, -0.15) is 0 Å². The van der Waals surface area contributed by atoms with Crippen LogP contribution < -0.4 is 14.4 Å². The summed E-state index contributed by atoms with van der Waals surface area (Å²) in [6.45, 7) is 1.50. The van der Waals surface area contributed by atoms with Gasteiger partial charge in [0.2, 0.25) is 0 Å². The summed E-state index contributed by atoms with van der Waals surface area (Å²) in [5, 5.41) is 9.27. The first-order valence-electron chi connectivity index (χ1n) is 7.81. The van der Waals surface area contributed by atoms with Gasteiger partial charge in [-0.1, -0.05) is 0 Å². The summed E-state index contributed by atoms with van der Waals surface area (Å²) in [6.07, 6.45) is -1.77. The van der Waals surface area contributed by atoms with Gasteiger partial charge in [0.25, 0.3) is 0 Å². The van der Waals surface area contributed by atoms with Crippen molar-refractivity contribution in [1.82, 2.24) is 4.98 Å². The molecular weight excluding hydrogens is 337 g/mol. The third-order valence-electron chi connectivity index (χ3n) is 3.86. The largest absolute Gasteiger partial charge is 0.573 e. The number of hydrogen-bond acceptors (Lipinski definition) is 5. The highest BCUT2D eigenvalue weighted by Gasteiger charge is 2.31. The Morgan fingerprint density at radius 2 is 1.64 bits per heavy atom. The van der Waals surface area contributed by atoms with E-state index in [-0.39, 0.29) is 17.6 Å². The zero-order valence-corrected chi connectivity index (χ0v) is 13.2. The molecule has 5 nitrogen and oxygen atoms in total. The molecule has 0 saturated carbocycles. The average Bonchev–Trinajstić information content (AvgIpc) is 2.57. The van der Waals surface area contributed by atoms with Crippen LogP contribution in [0.25, 0.3) is 0 Å².